The number of hydrogen-bond donors (Lipinski definition) is 1. The van der Waals surface area contributed by atoms with Gasteiger partial charge in [0.05, 0.1) is 0 Å². The van der Waals surface area contributed by atoms with Gasteiger partial charge in [0.1, 0.15) is 5.76 Å². The maximum atomic E-state index is 11.0. The maximum absolute atomic E-state index is 11.0. The van der Waals surface area contributed by atoms with Crippen LogP contribution in [0.4, 0.5) is 0 Å². The Balaban J connectivity index is 2.42. The predicted octanol–water partition coefficient (Wildman–Crippen LogP) is 2.59. The maximum Gasteiger partial charge on any atom is 0.358 e. The lowest BCUT2D eigenvalue weighted by Crippen LogP contribution is -2.23. The van der Waals surface area contributed by atoms with Crippen LogP contribution in [-0.2, 0) is 5.41 Å². The molecule has 1 aliphatic rings. The Morgan fingerprint density at radius 3 is 2.80 bits per heavy atom. The molecule has 0 spiro atoms. The average Bonchev–Trinajstić information content (AvgIpc) is 2.87. The molecule has 1 aliphatic carbocycles. The molecule has 1 heterocycles. The number of aromatic carboxylic acids is 1. The first-order valence-electron chi connectivity index (χ1n) is 5.37. The van der Waals surface area contributed by atoms with E-state index in [2.05, 4.69) is 11.9 Å². The SMILES string of the molecule is CCC1(c2ocnc2C(=O)O)CCCC1. The van der Waals surface area contributed by atoms with Crippen LogP contribution in [0.3, 0.4) is 0 Å². The Hall–Kier alpha value is -1.32. The summed E-state index contributed by atoms with van der Waals surface area (Å²) in [5, 5.41) is 9.00. The molecule has 0 atom stereocenters. The Kier molecular flexibility index (Phi) is 2.50. The number of carboxylic acids is 1. The highest BCUT2D eigenvalue weighted by atomic mass is 16.4. The molecule has 0 bridgehead atoms. The molecular weight excluding hydrogens is 194 g/mol. The lowest BCUT2D eigenvalue weighted by Gasteiger charge is -2.24. The number of aromatic nitrogens is 1. The van der Waals surface area contributed by atoms with Crippen LogP contribution < -0.4 is 0 Å². The first kappa shape index (κ1) is 10.2. The molecule has 1 fully saturated rings. The van der Waals surface area contributed by atoms with Crippen molar-refractivity contribution in [2.45, 2.75) is 44.4 Å². The van der Waals surface area contributed by atoms with Crippen LogP contribution in [-0.4, -0.2) is 16.1 Å². The molecule has 0 amide bonds. The number of oxazole rings is 1. The van der Waals surface area contributed by atoms with Crippen molar-refractivity contribution in [1.82, 2.24) is 4.98 Å². The smallest absolute Gasteiger partial charge is 0.358 e. The topological polar surface area (TPSA) is 63.3 Å². The van der Waals surface area contributed by atoms with Crippen molar-refractivity contribution in [3.8, 4) is 0 Å². The third-order valence-electron chi connectivity index (χ3n) is 3.49. The van der Waals surface area contributed by atoms with Crippen LogP contribution in [0.25, 0.3) is 0 Å². The number of nitrogens with zero attached hydrogens (tertiary/aromatic N) is 1. The summed E-state index contributed by atoms with van der Waals surface area (Å²) in [4.78, 5) is 14.8. The van der Waals surface area contributed by atoms with Gasteiger partial charge in [0, 0.05) is 5.41 Å². The summed E-state index contributed by atoms with van der Waals surface area (Å²) in [6, 6.07) is 0. The summed E-state index contributed by atoms with van der Waals surface area (Å²) >= 11 is 0. The summed E-state index contributed by atoms with van der Waals surface area (Å²) in [5.41, 5.74) is 0.0169. The molecule has 15 heavy (non-hydrogen) atoms. The van der Waals surface area contributed by atoms with Crippen LogP contribution in [0.5, 0.6) is 0 Å². The number of rotatable bonds is 3. The second kappa shape index (κ2) is 3.68. The van der Waals surface area contributed by atoms with Gasteiger partial charge in [-0.1, -0.05) is 19.8 Å². The van der Waals surface area contributed by atoms with E-state index in [0.29, 0.717) is 5.76 Å². The Morgan fingerprint density at radius 1 is 1.60 bits per heavy atom. The summed E-state index contributed by atoms with van der Waals surface area (Å²) in [6.07, 6.45) is 6.48. The number of carbonyl (C=O) groups is 1. The van der Waals surface area contributed by atoms with Crippen molar-refractivity contribution in [2.24, 2.45) is 0 Å². The van der Waals surface area contributed by atoms with E-state index < -0.39 is 5.97 Å². The molecule has 0 radical (unpaired) electrons. The fraction of sp³-hybridized carbons (Fsp3) is 0.636. The predicted molar refractivity (Wildman–Crippen MR) is 53.9 cm³/mol. The molecule has 2 rings (SSSR count). The normalized spacial score (nSPS) is 19.3. The van der Waals surface area contributed by atoms with Gasteiger partial charge in [-0.2, -0.15) is 0 Å². The summed E-state index contributed by atoms with van der Waals surface area (Å²) in [6.45, 7) is 2.08. The van der Waals surface area contributed by atoms with E-state index in [1.54, 1.807) is 0 Å². The van der Waals surface area contributed by atoms with Crippen LogP contribution >= 0.6 is 0 Å². The monoisotopic (exact) mass is 209 g/mol. The molecule has 4 nitrogen and oxygen atoms in total. The molecule has 82 valence electrons. The van der Waals surface area contributed by atoms with E-state index in [9.17, 15) is 4.79 Å². The van der Waals surface area contributed by atoms with Gasteiger partial charge in [-0.15, -0.1) is 0 Å². The zero-order chi connectivity index (χ0) is 10.9. The van der Waals surface area contributed by atoms with Crippen LogP contribution in [0.2, 0.25) is 0 Å². The molecule has 1 aromatic heterocycles. The summed E-state index contributed by atoms with van der Waals surface area (Å²) in [5.74, 6) is -0.409. The van der Waals surface area contributed by atoms with Crippen molar-refractivity contribution in [3.05, 3.63) is 17.8 Å². The van der Waals surface area contributed by atoms with Crippen LogP contribution in [0.15, 0.2) is 10.8 Å². The minimum absolute atomic E-state index is 0.0791. The van der Waals surface area contributed by atoms with Crippen LogP contribution in [0.1, 0.15) is 55.3 Å². The minimum atomic E-state index is -0.988. The Morgan fingerprint density at radius 2 is 2.27 bits per heavy atom. The number of carboxylic acid groups (broad SMARTS) is 1. The van der Waals surface area contributed by atoms with Crippen molar-refractivity contribution in [2.75, 3.05) is 0 Å². The minimum Gasteiger partial charge on any atom is -0.476 e. The molecule has 1 saturated carbocycles. The Labute approximate surface area is 88.3 Å². The van der Waals surface area contributed by atoms with Crippen molar-refractivity contribution in [1.29, 1.82) is 0 Å². The summed E-state index contributed by atoms with van der Waals surface area (Å²) < 4.78 is 5.31. The number of hydrogen-bond acceptors (Lipinski definition) is 3. The standard InChI is InChI=1S/C11H15NO3/c1-2-11(5-3-4-6-11)9-8(10(13)14)12-7-15-9/h7H,2-6H2,1H3,(H,13,14). The highest BCUT2D eigenvalue weighted by molar-refractivity contribution is 5.86. The molecule has 0 saturated heterocycles. The van der Waals surface area contributed by atoms with Crippen molar-refractivity contribution >= 4 is 5.97 Å². The molecular formula is C11H15NO3. The van der Waals surface area contributed by atoms with Gasteiger partial charge in [0.25, 0.3) is 0 Å². The molecule has 0 aromatic carbocycles. The second-order valence-electron chi connectivity index (χ2n) is 4.18. The van der Waals surface area contributed by atoms with Gasteiger partial charge in [0.2, 0.25) is 0 Å². The van der Waals surface area contributed by atoms with Gasteiger partial charge >= 0.3 is 5.97 Å². The lowest BCUT2D eigenvalue weighted by molar-refractivity contribution is 0.0685. The van der Waals surface area contributed by atoms with Gasteiger partial charge in [-0.3, -0.25) is 0 Å². The highest BCUT2D eigenvalue weighted by Crippen LogP contribution is 2.44. The zero-order valence-corrected chi connectivity index (χ0v) is 8.82. The molecule has 1 aromatic rings. The first-order valence-corrected chi connectivity index (χ1v) is 5.37. The Bertz CT molecular complexity index is 364. The van der Waals surface area contributed by atoms with E-state index in [-0.39, 0.29) is 11.1 Å². The lowest BCUT2D eigenvalue weighted by atomic mass is 9.80. The third kappa shape index (κ3) is 1.54. The molecule has 0 aliphatic heterocycles. The van der Waals surface area contributed by atoms with Crippen LogP contribution in [0, 0.1) is 0 Å². The largest absolute Gasteiger partial charge is 0.476 e. The third-order valence-corrected chi connectivity index (χ3v) is 3.49. The fourth-order valence-electron chi connectivity index (χ4n) is 2.57. The molecule has 0 unspecified atom stereocenters. The zero-order valence-electron chi connectivity index (χ0n) is 8.82. The first-order chi connectivity index (χ1) is 7.19. The van der Waals surface area contributed by atoms with Gasteiger partial charge < -0.3 is 9.52 Å². The van der Waals surface area contributed by atoms with Gasteiger partial charge in [-0.05, 0) is 19.3 Å². The van der Waals surface area contributed by atoms with E-state index in [1.165, 1.54) is 6.39 Å². The summed E-state index contributed by atoms with van der Waals surface area (Å²) in [7, 11) is 0. The average molecular weight is 209 g/mol. The van der Waals surface area contributed by atoms with Gasteiger partial charge in [0.15, 0.2) is 12.1 Å². The van der Waals surface area contributed by atoms with Crippen molar-refractivity contribution < 1.29 is 14.3 Å². The van der Waals surface area contributed by atoms with E-state index in [1.807, 2.05) is 0 Å². The molecule has 4 heteroatoms. The molecule has 1 N–H and O–H groups in total. The second-order valence-corrected chi connectivity index (χ2v) is 4.18. The highest BCUT2D eigenvalue weighted by Gasteiger charge is 2.40. The quantitative estimate of drug-likeness (QED) is 0.831. The fourth-order valence-corrected chi connectivity index (χ4v) is 2.57. The van der Waals surface area contributed by atoms with Gasteiger partial charge in [-0.25, -0.2) is 9.78 Å². The van der Waals surface area contributed by atoms with E-state index in [4.69, 9.17) is 9.52 Å². The van der Waals surface area contributed by atoms with E-state index in [0.717, 1.165) is 32.1 Å². The van der Waals surface area contributed by atoms with Crippen molar-refractivity contribution in [3.63, 3.8) is 0 Å². The van der Waals surface area contributed by atoms with E-state index >= 15 is 0 Å².